The highest BCUT2D eigenvalue weighted by molar-refractivity contribution is 5.76. The number of carbonyl (C=O) groups excluding carboxylic acids is 1. The van der Waals surface area contributed by atoms with Crippen molar-refractivity contribution in [2.45, 2.75) is 82.6 Å². The molecule has 0 aromatic heterocycles. The van der Waals surface area contributed by atoms with Gasteiger partial charge < -0.3 is 14.6 Å². The van der Waals surface area contributed by atoms with E-state index < -0.39 is 0 Å². The molecule has 3 aliphatic heterocycles. The van der Waals surface area contributed by atoms with Gasteiger partial charge in [0.25, 0.3) is 0 Å². The zero-order valence-electron chi connectivity index (χ0n) is 16.2. The third-order valence-electron chi connectivity index (χ3n) is 8.59. The van der Waals surface area contributed by atoms with E-state index >= 15 is 0 Å². The number of fused-ring (bicyclic) bond motifs is 2. The van der Waals surface area contributed by atoms with E-state index in [4.69, 9.17) is 9.47 Å². The molecule has 0 radical (unpaired) electrons. The smallest absolute Gasteiger partial charge is 0.311 e. The molecule has 5 nitrogen and oxygen atoms in total. The normalized spacial score (nSPS) is 53.4. The van der Waals surface area contributed by atoms with E-state index in [0.717, 1.165) is 32.4 Å². The van der Waals surface area contributed by atoms with Gasteiger partial charge >= 0.3 is 5.97 Å². The highest BCUT2D eigenvalue weighted by Gasteiger charge is 2.78. The third kappa shape index (κ3) is 2.23. The fraction of sp³-hybridized carbons (Fsp3) is 0.952. The first-order valence-corrected chi connectivity index (χ1v) is 10.7. The Morgan fingerprint density at radius 1 is 1.27 bits per heavy atom. The minimum atomic E-state index is -0.0878. The van der Waals surface area contributed by atoms with Crippen molar-refractivity contribution in [1.29, 1.82) is 0 Å². The molecule has 1 N–H and O–H groups in total. The molecule has 5 fully saturated rings. The van der Waals surface area contributed by atoms with Crippen molar-refractivity contribution in [1.82, 2.24) is 4.90 Å². The van der Waals surface area contributed by atoms with E-state index in [1.165, 1.54) is 25.7 Å². The molecule has 3 heterocycles. The molecule has 3 saturated heterocycles. The molecule has 5 aliphatic rings. The van der Waals surface area contributed by atoms with E-state index in [0.29, 0.717) is 5.92 Å². The summed E-state index contributed by atoms with van der Waals surface area (Å²) in [6.45, 7) is 6.61. The Hall–Kier alpha value is -0.650. The number of aliphatic hydroxyl groups is 1. The number of aliphatic hydroxyl groups excluding tert-OH is 1. The predicted molar refractivity (Wildman–Crippen MR) is 96.5 cm³/mol. The van der Waals surface area contributed by atoms with E-state index in [1.807, 2.05) is 0 Å². The lowest BCUT2D eigenvalue weighted by molar-refractivity contribution is -0.147. The van der Waals surface area contributed by atoms with Gasteiger partial charge in [-0.15, -0.1) is 0 Å². The topological polar surface area (TPSA) is 62.3 Å². The second kappa shape index (κ2) is 5.92. The summed E-state index contributed by atoms with van der Waals surface area (Å²) < 4.78 is 12.4. The maximum absolute atomic E-state index is 12.8. The van der Waals surface area contributed by atoms with Crippen LogP contribution < -0.4 is 0 Å². The van der Waals surface area contributed by atoms with Crippen LogP contribution in [0.5, 0.6) is 0 Å². The van der Waals surface area contributed by atoms with Crippen LogP contribution in [0.15, 0.2) is 0 Å². The van der Waals surface area contributed by atoms with Crippen LogP contribution >= 0.6 is 0 Å². The van der Waals surface area contributed by atoms with Gasteiger partial charge in [-0.05, 0) is 44.6 Å². The van der Waals surface area contributed by atoms with Gasteiger partial charge in [0.2, 0.25) is 0 Å². The number of nitrogens with zero attached hydrogens (tertiary/aromatic N) is 1. The minimum absolute atomic E-state index is 0.0169. The van der Waals surface area contributed by atoms with Gasteiger partial charge in [-0.25, -0.2) is 0 Å². The van der Waals surface area contributed by atoms with Gasteiger partial charge in [0.1, 0.15) is 11.7 Å². The summed E-state index contributed by atoms with van der Waals surface area (Å²) in [5, 5.41) is 9.73. The molecule has 8 atom stereocenters. The zero-order valence-corrected chi connectivity index (χ0v) is 16.2. The van der Waals surface area contributed by atoms with Crippen LogP contribution in [0.1, 0.15) is 58.8 Å². The molecule has 5 rings (SSSR count). The number of ether oxygens (including phenoxy) is 2. The Morgan fingerprint density at radius 2 is 2.12 bits per heavy atom. The SMILES string of the molecule is CC1CCCC2(C)CC3OC(=O)C(CN4CCCCC4CO)C3C3OC132. The molecular weight excluding hydrogens is 330 g/mol. The van der Waals surface area contributed by atoms with Gasteiger partial charge in [0, 0.05) is 23.9 Å². The molecular formula is C21H33NO4. The Balaban J connectivity index is 1.39. The second-order valence-corrected chi connectivity index (χ2v) is 9.88. The van der Waals surface area contributed by atoms with Crippen molar-refractivity contribution in [2.75, 3.05) is 19.7 Å². The van der Waals surface area contributed by atoms with Crippen molar-refractivity contribution in [3.8, 4) is 0 Å². The Morgan fingerprint density at radius 3 is 2.92 bits per heavy atom. The summed E-state index contributed by atoms with van der Waals surface area (Å²) in [6.07, 6.45) is 8.24. The maximum Gasteiger partial charge on any atom is 0.311 e. The molecule has 1 spiro atoms. The quantitative estimate of drug-likeness (QED) is 0.616. The lowest BCUT2D eigenvalue weighted by Gasteiger charge is -2.49. The summed E-state index contributed by atoms with van der Waals surface area (Å²) in [7, 11) is 0. The molecule has 0 amide bonds. The van der Waals surface area contributed by atoms with Crippen molar-refractivity contribution in [2.24, 2.45) is 23.2 Å². The number of rotatable bonds is 3. The van der Waals surface area contributed by atoms with Crippen molar-refractivity contribution >= 4 is 5.97 Å². The average molecular weight is 363 g/mol. The first kappa shape index (κ1) is 17.4. The standard InChI is InChI=1S/C21H33NO4/c1-13-6-5-8-20(2)10-16-17(18-21(13,20)26-18)15(19(24)25-16)11-22-9-4-3-7-14(22)12-23/h13-18,23H,3-12H2,1-2H3. The summed E-state index contributed by atoms with van der Waals surface area (Å²) in [4.78, 5) is 15.1. The van der Waals surface area contributed by atoms with Crippen LogP contribution in [-0.4, -0.2) is 59.5 Å². The zero-order chi connectivity index (χ0) is 18.1. The lowest BCUT2D eigenvalue weighted by atomic mass is 9.53. The Labute approximate surface area is 156 Å². The van der Waals surface area contributed by atoms with Crippen LogP contribution in [0.25, 0.3) is 0 Å². The van der Waals surface area contributed by atoms with E-state index in [9.17, 15) is 9.90 Å². The second-order valence-electron chi connectivity index (χ2n) is 9.88. The average Bonchev–Trinajstić information content (AvgIpc) is 3.30. The van der Waals surface area contributed by atoms with Crippen molar-refractivity contribution < 1.29 is 19.4 Å². The van der Waals surface area contributed by atoms with Gasteiger partial charge in [-0.1, -0.05) is 26.7 Å². The van der Waals surface area contributed by atoms with Crippen LogP contribution in [0.3, 0.4) is 0 Å². The maximum atomic E-state index is 12.8. The fourth-order valence-corrected chi connectivity index (χ4v) is 7.20. The van der Waals surface area contributed by atoms with Crippen LogP contribution in [0, 0.1) is 23.2 Å². The first-order chi connectivity index (χ1) is 12.5. The Bertz CT molecular complexity index is 597. The number of likely N-dealkylation sites (tertiary alicyclic amines) is 1. The van der Waals surface area contributed by atoms with Gasteiger partial charge in [0.05, 0.1) is 18.6 Å². The molecule has 0 bridgehead atoms. The number of piperidine rings is 1. The van der Waals surface area contributed by atoms with Crippen LogP contribution in [0.4, 0.5) is 0 Å². The van der Waals surface area contributed by atoms with E-state index in [1.54, 1.807) is 0 Å². The molecule has 146 valence electrons. The summed E-state index contributed by atoms with van der Waals surface area (Å²) >= 11 is 0. The number of carbonyl (C=O) groups is 1. The molecule has 5 heteroatoms. The fourth-order valence-electron chi connectivity index (χ4n) is 7.20. The van der Waals surface area contributed by atoms with E-state index in [-0.39, 0.29) is 53.7 Å². The summed E-state index contributed by atoms with van der Waals surface area (Å²) in [5.74, 6) is 0.666. The molecule has 8 unspecified atom stereocenters. The van der Waals surface area contributed by atoms with Crippen LogP contribution in [0.2, 0.25) is 0 Å². The highest BCUT2D eigenvalue weighted by Crippen LogP contribution is 2.70. The molecule has 2 saturated carbocycles. The lowest BCUT2D eigenvalue weighted by Crippen LogP contribution is -2.55. The van der Waals surface area contributed by atoms with Crippen molar-refractivity contribution in [3.05, 3.63) is 0 Å². The molecule has 2 aliphatic carbocycles. The summed E-state index contributed by atoms with van der Waals surface area (Å²) in [6, 6.07) is 0.201. The largest absolute Gasteiger partial charge is 0.462 e. The first-order valence-electron chi connectivity index (χ1n) is 10.7. The Kier molecular flexibility index (Phi) is 3.97. The number of hydrogen-bond acceptors (Lipinski definition) is 5. The van der Waals surface area contributed by atoms with Crippen molar-refractivity contribution in [3.63, 3.8) is 0 Å². The third-order valence-corrected chi connectivity index (χ3v) is 8.59. The monoisotopic (exact) mass is 363 g/mol. The predicted octanol–water partition coefficient (Wildman–Crippen LogP) is 2.36. The number of epoxide rings is 1. The molecule has 0 aromatic carbocycles. The van der Waals surface area contributed by atoms with Gasteiger partial charge in [0.15, 0.2) is 0 Å². The molecule has 0 aromatic rings. The minimum Gasteiger partial charge on any atom is -0.462 e. The van der Waals surface area contributed by atoms with Gasteiger partial charge in [-0.2, -0.15) is 0 Å². The highest BCUT2D eigenvalue weighted by atomic mass is 16.6. The number of esters is 1. The van der Waals surface area contributed by atoms with E-state index in [2.05, 4.69) is 18.7 Å². The summed E-state index contributed by atoms with van der Waals surface area (Å²) in [5.41, 5.74) is 0.140. The number of hydrogen-bond donors (Lipinski definition) is 1. The van der Waals surface area contributed by atoms with Gasteiger partial charge in [-0.3, -0.25) is 9.69 Å². The molecule has 26 heavy (non-hydrogen) atoms. The van der Waals surface area contributed by atoms with Crippen LogP contribution in [-0.2, 0) is 14.3 Å².